The molecule has 2 rings (SSSR count). The van der Waals surface area contributed by atoms with Gasteiger partial charge >= 0.3 is 6.09 Å². The monoisotopic (exact) mass is 384 g/mol. The molecule has 0 aromatic heterocycles. The summed E-state index contributed by atoms with van der Waals surface area (Å²) < 4.78 is 12.6. The molecule has 7 heteroatoms. The van der Waals surface area contributed by atoms with Crippen molar-refractivity contribution in [1.29, 1.82) is 0 Å². The van der Waals surface area contributed by atoms with Crippen LogP contribution >= 0.6 is 0 Å². The Bertz CT molecular complexity index is 528. The van der Waals surface area contributed by atoms with Gasteiger partial charge in [0.25, 0.3) is 0 Å². The number of amides is 2. The summed E-state index contributed by atoms with van der Waals surface area (Å²) in [5.41, 5.74) is -0.942. The molecule has 2 aliphatic heterocycles. The van der Waals surface area contributed by atoms with Crippen molar-refractivity contribution in [3.8, 4) is 0 Å². The summed E-state index contributed by atoms with van der Waals surface area (Å²) in [7, 11) is 2.16. The van der Waals surface area contributed by atoms with E-state index in [1.165, 1.54) is 19.8 Å². The molecule has 0 spiro atoms. The maximum atomic E-state index is 12.9. The Labute approximate surface area is 164 Å². The second-order valence-electron chi connectivity index (χ2n) is 8.82. The number of piperidine rings is 2. The Morgan fingerprint density at radius 3 is 2.15 bits per heavy atom. The molecule has 0 radical (unpaired) electrons. The first-order valence-electron chi connectivity index (χ1n) is 10.8. The fraction of sp³-hybridized carbons (Fsp3) is 0.900. The molecule has 156 valence electrons. The summed E-state index contributed by atoms with van der Waals surface area (Å²) >= 11 is 0. The number of carbonyl (C=O) groups excluding carboxylic acids is 2. The fourth-order valence-corrected chi connectivity index (χ4v) is 4.08. The Morgan fingerprint density at radius 1 is 1.15 bits per heavy atom. The van der Waals surface area contributed by atoms with Crippen molar-refractivity contribution < 1.29 is 20.8 Å². The lowest BCUT2D eigenvalue weighted by Gasteiger charge is -2.40. The van der Waals surface area contributed by atoms with Crippen LogP contribution in [0.5, 0.6) is 0 Å². The maximum Gasteiger partial charge on any atom is 0.408 e. The van der Waals surface area contributed by atoms with Crippen molar-refractivity contribution in [3.63, 3.8) is 0 Å². The van der Waals surface area contributed by atoms with Crippen molar-refractivity contribution in [1.82, 2.24) is 15.1 Å². The quantitative estimate of drug-likeness (QED) is 0.773. The number of aliphatic hydroxyl groups is 1. The van der Waals surface area contributed by atoms with Gasteiger partial charge in [0.1, 0.15) is 11.6 Å². The number of likely N-dealkylation sites (tertiary alicyclic amines) is 2. The maximum absolute atomic E-state index is 12.9. The second kappa shape index (κ2) is 9.24. The van der Waals surface area contributed by atoms with E-state index in [0.717, 1.165) is 31.8 Å². The summed E-state index contributed by atoms with van der Waals surface area (Å²) in [6.45, 7) is 8.28. The van der Waals surface area contributed by atoms with Crippen molar-refractivity contribution >= 4 is 12.0 Å². The molecule has 0 unspecified atom stereocenters. The van der Waals surface area contributed by atoms with Gasteiger partial charge in [-0.15, -0.1) is 0 Å². The lowest BCUT2D eigenvalue weighted by molar-refractivity contribution is -0.137. The first-order valence-corrected chi connectivity index (χ1v) is 10.1. The van der Waals surface area contributed by atoms with Crippen molar-refractivity contribution in [3.05, 3.63) is 0 Å². The number of hydrogen-bond donors (Lipinski definition) is 2. The van der Waals surface area contributed by atoms with Crippen LogP contribution in [0.25, 0.3) is 0 Å². The van der Waals surface area contributed by atoms with E-state index in [0.29, 0.717) is 19.0 Å². The van der Waals surface area contributed by atoms with E-state index in [4.69, 9.17) is 6.11 Å². The molecule has 2 atom stereocenters. The fourth-order valence-electron chi connectivity index (χ4n) is 4.08. The average molecular weight is 385 g/mol. The van der Waals surface area contributed by atoms with Crippen LogP contribution in [-0.2, 0) is 9.53 Å². The van der Waals surface area contributed by atoms with Gasteiger partial charge in [-0.3, -0.25) is 4.79 Å². The molecule has 0 bridgehead atoms. The molecule has 2 fully saturated rings. The number of hydrogen-bond acceptors (Lipinski definition) is 5. The van der Waals surface area contributed by atoms with E-state index in [-0.39, 0.29) is 12.8 Å². The molecular weight excluding hydrogens is 346 g/mol. The molecule has 27 heavy (non-hydrogen) atoms. The Balaban J connectivity index is 1.87. The molecule has 2 heterocycles. The van der Waals surface area contributed by atoms with Crippen LogP contribution < -0.4 is 5.32 Å². The average Bonchev–Trinajstić information content (AvgIpc) is 2.66. The van der Waals surface area contributed by atoms with Gasteiger partial charge in [-0.2, -0.15) is 0 Å². The molecule has 0 aliphatic carbocycles. The molecule has 0 aromatic carbocycles. The SMILES string of the molecule is [2H]CC(C)(C)OC(=O)N[C@H](C(=O)N1CCC(C2CCN(C)CC2)CC1)[C@@H](C)O. The number of rotatable bonds is 4. The molecule has 2 saturated heterocycles. The standard InChI is InChI=1S/C20H37N3O4/c1-14(24)17(21-19(26)27-20(2,3)4)18(25)23-12-8-16(9-13-23)15-6-10-22(5)11-7-15/h14-17,24H,6-13H2,1-5H3,(H,21,26)/t14-,17+/m1/s1/i2D. The largest absolute Gasteiger partial charge is 0.444 e. The van der Waals surface area contributed by atoms with Crippen LogP contribution in [0.15, 0.2) is 0 Å². The topological polar surface area (TPSA) is 82.1 Å². The van der Waals surface area contributed by atoms with Gasteiger partial charge in [0.15, 0.2) is 0 Å². The summed E-state index contributed by atoms with van der Waals surface area (Å²) in [5.74, 6) is 1.12. The Hall–Kier alpha value is -1.34. The first-order chi connectivity index (χ1) is 13.1. The van der Waals surface area contributed by atoms with Gasteiger partial charge in [-0.1, -0.05) is 0 Å². The minimum absolute atomic E-state index is 0.0851. The summed E-state index contributed by atoms with van der Waals surface area (Å²) in [6.07, 6.45) is 2.60. The van der Waals surface area contributed by atoms with E-state index in [1.54, 1.807) is 18.7 Å². The van der Waals surface area contributed by atoms with Gasteiger partial charge < -0.3 is 25.0 Å². The highest BCUT2D eigenvalue weighted by Crippen LogP contribution is 2.32. The zero-order valence-corrected chi connectivity index (χ0v) is 17.2. The smallest absolute Gasteiger partial charge is 0.408 e. The molecular formula is C20H37N3O4. The number of nitrogens with one attached hydrogen (secondary N) is 1. The normalized spacial score (nSPS) is 23.4. The molecule has 2 aliphatic rings. The molecule has 0 aromatic rings. The number of ether oxygens (including phenoxy) is 1. The third-order valence-electron chi connectivity index (χ3n) is 5.67. The van der Waals surface area contributed by atoms with Gasteiger partial charge in [0.2, 0.25) is 5.91 Å². The third kappa shape index (κ3) is 6.64. The zero-order valence-electron chi connectivity index (χ0n) is 18.2. The highest BCUT2D eigenvalue weighted by atomic mass is 16.6. The Kier molecular flexibility index (Phi) is 6.98. The lowest BCUT2D eigenvalue weighted by atomic mass is 9.79. The van der Waals surface area contributed by atoms with Gasteiger partial charge in [-0.05, 0) is 85.3 Å². The molecule has 2 N–H and O–H groups in total. The van der Waals surface area contributed by atoms with Gasteiger partial charge in [0.05, 0.1) is 6.10 Å². The lowest BCUT2D eigenvalue weighted by Crippen LogP contribution is -2.56. The minimum atomic E-state index is -1.03. The predicted molar refractivity (Wildman–Crippen MR) is 104 cm³/mol. The zero-order chi connectivity index (χ0) is 20.9. The van der Waals surface area contributed by atoms with Crippen molar-refractivity contribution in [2.45, 2.75) is 71.1 Å². The van der Waals surface area contributed by atoms with Gasteiger partial charge in [0, 0.05) is 14.5 Å². The summed E-state index contributed by atoms with van der Waals surface area (Å²) in [4.78, 5) is 29.1. The van der Waals surface area contributed by atoms with E-state index >= 15 is 0 Å². The van der Waals surface area contributed by atoms with E-state index in [1.807, 2.05) is 0 Å². The van der Waals surface area contributed by atoms with Crippen LogP contribution in [0.1, 0.15) is 54.7 Å². The number of carbonyl (C=O) groups is 2. The minimum Gasteiger partial charge on any atom is -0.444 e. The van der Waals surface area contributed by atoms with E-state index < -0.39 is 23.8 Å². The van der Waals surface area contributed by atoms with Crippen molar-refractivity contribution in [2.75, 3.05) is 33.2 Å². The van der Waals surface area contributed by atoms with Crippen LogP contribution in [0, 0.1) is 11.8 Å². The highest BCUT2D eigenvalue weighted by molar-refractivity contribution is 5.86. The number of nitrogens with zero attached hydrogens (tertiary/aromatic N) is 2. The van der Waals surface area contributed by atoms with E-state index in [9.17, 15) is 14.7 Å². The number of aliphatic hydroxyl groups excluding tert-OH is 1. The summed E-state index contributed by atoms with van der Waals surface area (Å²) in [6, 6.07) is -1.03. The molecule has 2 amide bonds. The Morgan fingerprint density at radius 2 is 1.67 bits per heavy atom. The van der Waals surface area contributed by atoms with Crippen LogP contribution in [0.2, 0.25) is 0 Å². The molecule has 0 saturated carbocycles. The number of alkyl carbamates (subject to hydrolysis) is 1. The highest BCUT2D eigenvalue weighted by Gasteiger charge is 2.35. The van der Waals surface area contributed by atoms with Crippen LogP contribution in [-0.4, -0.2) is 77.9 Å². The summed E-state index contributed by atoms with van der Waals surface area (Å²) in [5, 5.41) is 12.5. The predicted octanol–water partition coefficient (Wildman–Crippen LogP) is 1.84. The van der Waals surface area contributed by atoms with Crippen LogP contribution in [0.3, 0.4) is 0 Å². The molecule has 7 nitrogen and oxygen atoms in total. The second-order valence-corrected chi connectivity index (χ2v) is 8.82. The van der Waals surface area contributed by atoms with Gasteiger partial charge in [-0.25, -0.2) is 4.79 Å². The van der Waals surface area contributed by atoms with Crippen LogP contribution in [0.4, 0.5) is 4.79 Å². The first kappa shape index (κ1) is 20.4. The van der Waals surface area contributed by atoms with Crippen molar-refractivity contribution in [2.24, 2.45) is 11.8 Å². The van der Waals surface area contributed by atoms with E-state index in [2.05, 4.69) is 17.3 Å². The third-order valence-corrected chi connectivity index (χ3v) is 5.67.